The van der Waals surface area contributed by atoms with Crippen LogP contribution in [-0.2, 0) is 0 Å². The van der Waals surface area contributed by atoms with Crippen molar-refractivity contribution in [1.82, 2.24) is 4.90 Å². The van der Waals surface area contributed by atoms with Gasteiger partial charge in [-0.1, -0.05) is 62.3 Å². The lowest BCUT2D eigenvalue weighted by Gasteiger charge is -2.55. The van der Waals surface area contributed by atoms with Gasteiger partial charge in [-0.2, -0.15) is 0 Å². The number of hydrogen-bond donors (Lipinski definition) is 0. The van der Waals surface area contributed by atoms with E-state index in [1.807, 2.05) is 0 Å². The second-order valence-corrected chi connectivity index (χ2v) is 12.2. The van der Waals surface area contributed by atoms with Gasteiger partial charge < -0.3 is 4.90 Å². The third kappa shape index (κ3) is 5.84. The number of hydrogen-bond acceptors (Lipinski definition) is 1. The van der Waals surface area contributed by atoms with E-state index >= 15 is 0 Å². The molecule has 0 heterocycles. The van der Waals surface area contributed by atoms with E-state index in [0.29, 0.717) is 0 Å². The predicted octanol–water partition coefficient (Wildman–Crippen LogP) is 7.28. The van der Waals surface area contributed by atoms with Crippen LogP contribution in [0.2, 0.25) is 0 Å². The van der Waals surface area contributed by atoms with Gasteiger partial charge in [0.05, 0.1) is 0 Å². The van der Waals surface area contributed by atoms with Crippen LogP contribution in [0, 0.1) is 16.2 Å². The molecule has 1 nitrogen and oxygen atoms in total. The third-order valence-electron chi connectivity index (χ3n) is 4.01. The van der Waals surface area contributed by atoms with Crippen LogP contribution >= 0.6 is 0 Å². The predicted molar refractivity (Wildman–Crippen MR) is 107 cm³/mol. The van der Waals surface area contributed by atoms with E-state index in [4.69, 9.17) is 0 Å². The highest BCUT2D eigenvalue weighted by Crippen LogP contribution is 2.50. The van der Waals surface area contributed by atoms with Crippen LogP contribution < -0.4 is 0 Å². The first-order valence-corrected chi connectivity index (χ1v) is 9.17. The first-order chi connectivity index (χ1) is 9.61. The van der Waals surface area contributed by atoms with E-state index in [1.54, 1.807) is 5.57 Å². The van der Waals surface area contributed by atoms with Gasteiger partial charge in [0, 0.05) is 22.2 Å². The van der Waals surface area contributed by atoms with E-state index in [2.05, 4.69) is 109 Å². The Labute approximate surface area is 147 Å². The van der Waals surface area contributed by atoms with Crippen LogP contribution in [0.15, 0.2) is 11.3 Å². The quantitative estimate of drug-likeness (QED) is 0.490. The molecule has 0 unspecified atom stereocenters. The molecule has 0 aliphatic carbocycles. The summed E-state index contributed by atoms with van der Waals surface area (Å²) in [5.74, 6) is 0. The summed E-state index contributed by atoms with van der Waals surface area (Å²) in [4.78, 5) is 2.67. The largest absolute Gasteiger partial charge is 0.365 e. The summed E-state index contributed by atoms with van der Waals surface area (Å²) in [5, 5.41) is 0. The highest BCUT2D eigenvalue weighted by atomic mass is 15.3. The Morgan fingerprint density at radius 3 is 0.826 bits per heavy atom. The highest BCUT2D eigenvalue weighted by Gasteiger charge is 2.43. The van der Waals surface area contributed by atoms with Gasteiger partial charge in [-0.25, -0.2) is 0 Å². The van der Waals surface area contributed by atoms with Crippen molar-refractivity contribution in [3.8, 4) is 0 Å². The lowest BCUT2D eigenvalue weighted by molar-refractivity contribution is 0.0466. The minimum atomic E-state index is 0.0720. The standard InChI is InChI=1S/C22H45N/c1-18(2,3)16(19(4,5)6)17(20(7,8)9)23(21(10,11)12)22(13,14)15/h1-15H3. The lowest BCUT2D eigenvalue weighted by Crippen LogP contribution is -2.55. The number of nitrogens with zero attached hydrogens (tertiary/aromatic N) is 1. The van der Waals surface area contributed by atoms with Crippen molar-refractivity contribution < 1.29 is 0 Å². The zero-order valence-electron chi connectivity index (χ0n) is 18.9. The third-order valence-corrected chi connectivity index (χ3v) is 4.01. The van der Waals surface area contributed by atoms with Crippen LogP contribution in [0.25, 0.3) is 0 Å². The highest BCUT2D eigenvalue weighted by molar-refractivity contribution is 5.31. The summed E-state index contributed by atoms with van der Waals surface area (Å²) >= 11 is 0. The molecule has 0 aliphatic rings. The molecule has 0 saturated heterocycles. The molecule has 0 radical (unpaired) electrons. The average molecular weight is 324 g/mol. The summed E-state index contributed by atoms with van der Waals surface area (Å²) in [7, 11) is 0. The summed E-state index contributed by atoms with van der Waals surface area (Å²) < 4.78 is 0. The van der Waals surface area contributed by atoms with Gasteiger partial charge in [0.25, 0.3) is 0 Å². The molecule has 0 aromatic carbocycles. The van der Waals surface area contributed by atoms with Crippen LogP contribution in [0.4, 0.5) is 0 Å². The van der Waals surface area contributed by atoms with Crippen molar-refractivity contribution in [2.24, 2.45) is 16.2 Å². The van der Waals surface area contributed by atoms with Gasteiger partial charge in [0.1, 0.15) is 0 Å². The smallest absolute Gasteiger partial charge is 0.0320 e. The van der Waals surface area contributed by atoms with Gasteiger partial charge in [-0.05, 0) is 57.9 Å². The Hall–Kier alpha value is -0.460. The Bertz CT molecular complexity index is 401. The zero-order chi connectivity index (χ0) is 19.2. The Morgan fingerprint density at radius 2 is 0.696 bits per heavy atom. The molecule has 0 amide bonds. The average Bonchev–Trinajstić information content (AvgIpc) is 2.04. The second kappa shape index (κ2) is 6.12. The summed E-state index contributed by atoms with van der Waals surface area (Å²) in [6.45, 7) is 35.3. The van der Waals surface area contributed by atoms with Crippen LogP contribution in [0.1, 0.15) is 104 Å². The van der Waals surface area contributed by atoms with Crippen molar-refractivity contribution in [1.29, 1.82) is 0 Å². The van der Waals surface area contributed by atoms with Crippen LogP contribution in [0.3, 0.4) is 0 Å². The maximum atomic E-state index is 2.67. The molecule has 0 aromatic heterocycles. The molecule has 0 aromatic rings. The Kier molecular flexibility index (Phi) is 6.00. The monoisotopic (exact) mass is 323 g/mol. The summed E-state index contributed by atoms with van der Waals surface area (Å²) in [6, 6.07) is 0. The van der Waals surface area contributed by atoms with E-state index in [-0.39, 0.29) is 27.3 Å². The molecule has 0 N–H and O–H groups in total. The number of allylic oxidation sites excluding steroid dienone is 2. The molecule has 0 spiro atoms. The van der Waals surface area contributed by atoms with Crippen molar-refractivity contribution in [3.63, 3.8) is 0 Å². The van der Waals surface area contributed by atoms with Gasteiger partial charge >= 0.3 is 0 Å². The van der Waals surface area contributed by atoms with E-state index in [1.165, 1.54) is 5.70 Å². The Balaban J connectivity index is 7.08. The SMILES string of the molecule is CC(C)(C)C(=C(C(C)(C)C)C(C)(C)C)N(C(C)(C)C)C(C)(C)C. The van der Waals surface area contributed by atoms with Crippen molar-refractivity contribution in [3.05, 3.63) is 11.3 Å². The molecule has 0 saturated carbocycles. The first-order valence-electron chi connectivity index (χ1n) is 9.17. The molecule has 1 heteroatoms. The van der Waals surface area contributed by atoms with Gasteiger partial charge in [0.15, 0.2) is 0 Å². The molecule has 0 atom stereocenters. The van der Waals surface area contributed by atoms with Crippen LogP contribution in [0.5, 0.6) is 0 Å². The fourth-order valence-electron chi connectivity index (χ4n) is 4.33. The Morgan fingerprint density at radius 1 is 0.435 bits per heavy atom. The molecular weight excluding hydrogens is 278 g/mol. The molecule has 0 rings (SSSR count). The minimum Gasteiger partial charge on any atom is -0.365 e. The lowest BCUT2D eigenvalue weighted by atomic mass is 9.66. The minimum absolute atomic E-state index is 0.0720. The van der Waals surface area contributed by atoms with Gasteiger partial charge in [-0.15, -0.1) is 0 Å². The van der Waals surface area contributed by atoms with E-state index in [0.717, 1.165) is 0 Å². The van der Waals surface area contributed by atoms with Gasteiger partial charge in [-0.3, -0.25) is 0 Å². The molecule has 0 bridgehead atoms. The fourth-order valence-corrected chi connectivity index (χ4v) is 4.33. The second-order valence-electron chi connectivity index (χ2n) is 12.2. The van der Waals surface area contributed by atoms with Gasteiger partial charge in [0.2, 0.25) is 0 Å². The summed E-state index contributed by atoms with van der Waals surface area (Å²) in [6.07, 6.45) is 0. The molecule has 23 heavy (non-hydrogen) atoms. The van der Waals surface area contributed by atoms with E-state index in [9.17, 15) is 0 Å². The maximum Gasteiger partial charge on any atom is 0.0320 e. The summed E-state index contributed by atoms with van der Waals surface area (Å²) in [5.41, 5.74) is 3.59. The normalized spacial score (nSPS) is 14.7. The number of rotatable bonds is 1. The molecular formula is C22H45N. The fraction of sp³-hybridized carbons (Fsp3) is 0.909. The van der Waals surface area contributed by atoms with E-state index < -0.39 is 0 Å². The topological polar surface area (TPSA) is 3.24 Å². The first kappa shape index (κ1) is 22.5. The van der Waals surface area contributed by atoms with Crippen LogP contribution in [-0.4, -0.2) is 16.0 Å². The maximum absolute atomic E-state index is 2.67. The molecule has 0 aliphatic heterocycles. The van der Waals surface area contributed by atoms with Crippen molar-refractivity contribution in [2.75, 3.05) is 0 Å². The zero-order valence-corrected chi connectivity index (χ0v) is 18.9. The molecule has 0 fully saturated rings. The van der Waals surface area contributed by atoms with Crippen molar-refractivity contribution >= 4 is 0 Å². The van der Waals surface area contributed by atoms with Crippen molar-refractivity contribution in [2.45, 2.75) is 115 Å². The molecule has 138 valence electrons.